The minimum atomic E-state index is -0.872. The van der Waals surface area contributed by atoms with Crippen LogP contribution in [-0.2, 0) is 9.59 Å². The fourth-order valence-corrected chi connectivity index (χ4v) is 4.80. The molecule has 1 unspecified atom stereocenters. The van der Waals surface area contributed by atoms with Crippen molar-refractivity contribution >= 4 is 40.4 Å². The summed E-state index contributed by atoms with van der Waals surface area (Å²) in [5.74, 6) is -0.956. The van der Waals surface area contributed by atoms with Gasteiger partial charge in [-0.05, 0) is 74.0 Å². The monoisotopic (exact) mass is 520 g/mol. The predicted molar refractivity (Wildman–Crippen MR) is 146 cm³/mol. The largest absolute Gasteiger partial charge is 0.507 e. The number of rotatable bonds is 8. The first-order chi connectivity index (χ1) is 17.8. The van der Waals surface area contributed by atoms with Crippen LogP contribution in [0.4, 0.5) is 11.4 Å². The van der Waals surface area contributed by atoms with E-state index >= 15 is 0 Å². The molecule has 8 heteroatoms. The van der Waals surface area contributed by atoms with Gasteiger partial charge in [0, 0.05) is 29.5 Å². The van der Waals surface area contributed by atoms with E-state index in [9.17, 15) is 14.7 Å². The molecule has 0 aromatic heterocycles. The molecular formula is C29H29ClN2O5. The van der Waals surface area contributed by atoms with Crippen molar-refractivity contribution in [2.45, 2.75) is 19.9 Å². The maximum Gasteiger partial charge on any atom is 0.300 e. The molecule has 1 aliphatic rings. The molecule has 7 nitrogen and oxygen atoms in total. The number of amides is 1. The van der Waals surface area contributed by atoms with Gasteiger partial charge in [0.2, 0.25) is 0 Å². The maximum absolute atomic E-state index is 13.4. The van der Waals surface area contributed by atoms with Gasteiger partial charge in [0.05, 0.1) is 31.4 Å². The number of methoxy groups -OCH3 is 2. The topological polar surface area (TPSA) is 79.3 Å². The Hall–Kier alpha value is -3.97. The first kappa shape index (κ1) is 26.1. The molecule has 3 aromatic rings. The zero-order valence-corrected chi connectivity index (χ0v) is 22.0. The number of hydrogen-bond donors (Lipinski definition) is 1. The number of carbonyl (C=O) groups is 2. The number of nitrogens with zero attached hydrogens (tertiary/aromatic N) is 2. The first-order valence-electron chi connectivity index (χ1n) is 12.0. The van der Waals surface area contributed by atoms with Gasteiger partial charge in [-0.15, -0.1) is 0 Å². The van der Waals surface area contributed by atoms with Crippen molar-refractivity contribution < 1.29 is 24.2 Å². The van der Waals surface area contributed by atoms with Crippen LogP contribution in [0.15, 0.2) is 72.3 Å². The van der Waals surface area contributed by atoms with Crippen LogP contribution in [0.5, 0.6) is 11.5 Å². The first-order valence-corrected chi connectivity index (χ1v) is 12.4. The van der Waals surface area contributed by atoms with Crippen LogP contribution in [0, 0.1) is 0 Å². The minimum absolute atomic E-state index is 0.0445. The number of benzene rings is 3. The van der Waals surface area contributed by atoms with Gasteiger partial charge in [0.25, 0.3) is 11.7 Å². The molecule has 1 heterocycles. The number of anilines is 2. The van der Waals surface area contributed by atoms with Gasteiger partial charge >= 0.3 is 0 Å². The smallest absolute Gasteiger partial charge is 0.300 e. The average molecular weight is 521 g/mol. The van der Waals surface area contributed by atoms with Crippen LogP contribution in [0.25, 0.3) is 5.76 Å². The van der Waals surface area contributed by atoms with E-state index in [-0.39, 0.29) is 16.9 Å². The summed E-state index contributed by atoms with van der Waals surface area (Å²) in [5.41, 5.74) is 2.38. The summed E-state index contributed by atoms with van der Waals surface area (Å²) in [5, 5.41) is 11.8. The molecule has 37 heavy (non-hydrogen) atoms. The highest BCUT2D eigenvalue weighted by atomic mass is 35.5. The predicted octanol–water partition coefficient (Wildman–Crippen LogP) is 5.83. The number of Topliss-reactive ketones (excluding diaryl/α,β-unsaturated/α-hetero) is 1. The normalized spacial score (nSPS) is 16.7. The summed E-state index contributed by atoms with van der Waals surface area (Å²) < 4.78 is 10.7. The molecule has 0 radical (unpaired) electrons. The Morgan fingerprint density at radius 2 is 1.59 bits per heavy atom. The van der Waals surface area contributed by atoms with Gasteiger partial charge < -0.3 is 19.5 Å². The van der Waals surface area contributed by atoms with Crippen molar-refractivity contribution in [1.29, 1.82) is 0 Å². The van der Waals surface area contributed by atoms with Gasteiger partial charge in [0.1, 0.15) is 17.3 Å². The molecule has 1 aliphatic heterocycles. The van der Waals surface area contributed by atoms with Crippen LogP contribution in [0.1, 0.15) is 31.0 Å². The maximum atomic E-state index is 13.4. The van der Waals surface area contributed by atoms with Crippen LogP contribution < -0.4 is 19.3 Å². The lowest BCUT2D eigenvalue weighted by Gasteiger charge is -2.27. The highest BCUT2D eigenvalue weighted by Gasteiger charge is 2.47. The Balaban J connectivity index is 1.93. The molecule has 192 valence electrons. The van der Waals surface area contributed by atoms with Crippen LogP contribution in [0.2, 0.25) is 5.02 Å². The van der Waals surface area contributed by atoms with Crippen molar-refractivity contribution in [3.63, 3.8) is 0 Å². The number of halogens is 1. The Morgan fingerprint density at radius 1 is 0.946 bits per heavy atom. The van der Waals surface area contributed by atoms with Gasteiger partial charge in [-0.25, -0.2) is 0 Å². The van der Waals surface area contributed by atoms with Gasteiger partial charge in [0.15, 0.2) is 0 Å². The molecule has 4 rings (SSSR count). The quantitative estimate of drug-likeness (QED) is 0.229. The number of ether oxygens (including phenoxy) is 2. The standard InChI is InChI=1S/C29H29ClN2O5/c1-5-31(6-2)20-10-7-18(8-11-20)26-25(27(33)23-17-19(30)9-16-24(23)37-4)28(34)29(35)32(26)21-12-14-22(36-3)15-13-21/h7-17,26,33H,5-6H2,1-4H3/b27-25+. The Bertz CT molecular complexity index is 1330. The lowest BCUT2D eigenvalue weighted by Crippen LogP contribution is -2.29. The summed E-state index contributed by atoms with van der Waals surface area (Å²) in [6.07, 6.45) is 0. The second kappa shape index (κ2) is 11.0. The Kier molecular flexibility index (Phi) is 7.74. The molecule has 1 N–H and O–H groups in total. The van der Waals surface area contributed by atoms with Crippen LogP contribution >= 0.6 is 11.6 Å². The Morgan fingerprint density at radius 3 is 2.16 bits per heavy atom. The molecule has 1 fully saturated rings. The summed E-state index contributed by atoms with van der Waals surface area (Å²) in [6.45, 7) is 5.84. The van der Waals surface area contributed by atoms with E-state index in [1.165, 1.54) is 18.1 Å². The van der Waals surface area contributed by atoms with Crippen LogP contribution in [0.3, 0.4) is 0 Å². The summed E-state index contributed by atoms with van der Waals surface area (Å²) in [7, 11) is 3.01. The highest BCUT2D eigenvalue weighted by molar-refractivity contribution is 6.51. The van der Waals surface area contributed by atoms with E-state index in [4.69, 9.17) is 21.1 Å². The van der Waals surface area contributed by atoms with Gasteiger partial charge in [-0.3, -0.25) is 14.5 Å². The van der Waals surface area contributed by atoms with E-state index < -0.39 is 17.7 Å². The second-order valence-electron chi connectivity index (χ2n) is 8.48. The number of aliphatic hydroxyl groups excluding tert-OH is 1. The molecule has 0 aliphatic carbocycles. The van der Waals surface area contributed by atoms with E-state index in [2.05, 4.69) is 18.7 Å². The molecule has 3 aromatic carbocycles. The highest BCUT2D eigenvalue weighted by Crippen LogP contribution is 2.44. The lowest BCUT2D eigenvalue weighted by molar-refractivity contribution is -0.132. The Labute approximate surface area is 221 Å². The minimum Gasteiger partial charge on any atom is -0.507 e. The van der Waals surface area contributed by atoms with Crippen molar-refractivity contribution in [3.05, 3.63) is 88.5 Å². The number of hydrogen-bond acceptors (Lipinski definition) is 6. The summed E-state index contributed by atoms with van der Waals surface area (Å²) in [6, 6.07) is 18.4. The second-order valence-corrected chi connectivity index (χ2v) is 8.91. The zero-order valence-electron chi connectivity index (χ0n) is 21.2. The van der Waals surface area contributed by atoms with Gasteiger partial charge in [-0.2, -0.15) is 0 Å². The third-order valence-corrected chi connectivity index (χ3v) is 6.78. The van der Waals surface area contributed by atoms with Crippen molar-refractivity contribution in [1.82, 2.24) is 0 Å². The third-order valence-electron chi connectivity index (χ3n) is 6.55. The summed E-state index contributed by atoms with van der Waals surface area (Å²) in [4.78, 5) is 30.5. The van der Waals surface area contributed by atoms with Crippen molar-refractivity contribution in [2.75, 3.05) is 37.1 Å². The fraction of sp³-hybridized carbons (Fsp3) is 0.241. The lowest BCUT2D eigenvalue weighted by atomic mass is 9.94. The molecule has 0 bridgehead atoms. The molecule has 0 saturated carbocycles. The van der Waals surface area contributed by atoms with Crippen molar-refractivity contribution in [3.8, 4) is 11.5 Å². The third kappa shape index (κ3) is 4.87. The van der Waals surface area contributed by atoms with Crippen LogP contribution in [-0.4, -0.2) is 44.1 Å². The average Bonchev–Trinajstić information content (AvgIpc) is 3.19. The SMILES string of the molecule is CCN(CC)c1ccc(C2/C(=C(\O)c3cc(Cl)ccc3OC)C(=O)C(=O)N2c2ccc(OC)cc2)cc1. The van der Waals surface area contributed by atoms with E-state index in [0.717, 1.165) is 18.8 Å². The number of ketones is 1. The number of carbonyl (C=O) groups excluding carboxylic acids is 2. The summed E-state index contributed by atoms with van der Waals surface area (Å²) >= 11 is 6.20. The molecule has 1 atom stereocenters. The molecule has 1 saturated heterocycles. The van der Waals surface area contributed by atoms with Gasteiger partial charge in [-0.1, -0.05) is 23.7 Å². The molecular weight excluding hydrogens is 492 g/mol. The molecule has 0 spiro atoms. The fourth-order valence-electron chi connectivity index (χ4n) is 4.62. The molecule has 1 amide bonds. The van der Waals surface area contributed by atoms with E-state index in [1.807, 2.05) is 24.3 Å². The number of aliphatic hydroxyl groups is 1. The van der Waals surface area contributed by atoms with Crippen molar-refractivity contribution in [2.24, 2.45) is 0 Å². The van der Waals surface area contributed by atoms with E-state index in [1.54, 1.807) is 43.5 Å². The zero-order chi connectivity index (χ0) is 26.7. The van der Waals surface area contributed by atoms with E-state index in [0.29, 0.717) is 27.8 Å².